The number of pyridine rings is 1. The van der Waals surface area contributed by atoms with Crippen LogP contribution in [0, 0.1) is 11.8 Å². The quantitative estimate of drug-likeness (QED) is 0.479. The second-order valence-electron chi connectivity index (χ2n) is 3.80. The van der Waals surface area contributed by atoms with Gasteiger partial charge in [0.2, 0.25) is 0 Å². The third kappa shape index (κ3) is 3.46. The fourth-order valence-electron chi connectivity index (χ4n) is 1.60. The van der Waals surface area contributed by atoms with Gasteiger partial charge in [-0.05, 0) is 19.1 Å². The molecule has 0 saturated heterocycles. The second kappa shape index (κ2) is 6.21. The number of para-hydroxylation sites is 1. The number of fused-ring (bicyclic) bond motifs is 1. The molecule has 0 N–H and O–H groups in total. The van der Waals surface area contributed by atoms with E-state index in [9.17, 15) is 4.79 Å². The molecule has 0 radical (unpaired) electrons. The maximum atomic E-state index is 11.2. The molecule has 0 atom stereocenters. The number of aromatic nitrogens is 1. The molecule has 1 aromatic heterocycles. The van der Waals surface area contributed by atoms with Gasteiger partial charge in [0.25, 0.3) is 0 Å². The standard InChI is InChI=1S/C15H12ClNO2/c1-2-19-14(18)9-5-7-12-10-11-6-3-4-8-13(11)17-15(12)16/h3-4,6,8,10H,2,9H2,1H3. The minimum atomic E-state index is -0.333. The van der Waals surface area contributed by atoms with Crippen molar-refractivity contribution in [3.05, 3.63) is 41.0 Å². The van der Waals surface area contributed by atoms with Gasteiger partial charge in [-0.1, -0.05) is 41.6 Å². The Balaban J connectivity index is 2.23. The lowest BCUT2D eigenvalue weighted by molar-refractivity contribution is -0.141. The van der Waals surface area contributed by atoms with Crippen LogP contribution in [0.15, 0.2) is 30.3 Å². The highest BCUT2D eigenvalue weighted by Gasteiger charge is 2.02. The van der Waals surface area contributed by atoms with Gasteiger partial charge < -0.3 is 4.74 Å². The third-order valence-electron chi connectivity index (χ3n) is 2.44. The number of nitrogens with zero attached hydrogens (tertiary/aromatic N) is 1. The molecule has 96 valence electrons. The number of hydrogen-bond donors (Lipinski definition) is 0. The smallest absolute Gasteiger partial charge is 0.317 e. The van der Waals surface area contributed by atoms with Gasteiger partial charge in [-0.25, -0.2) is 4.98 Å². The zero-order valence-corrected chi connectivity index (χ0v) is 11.2. The molecular weight excluding hydrogens is 262 g/mol. The molecule has 0 unspecified atom stereocenters. The van der Waals surface area contributed by atoms with Gasteiger partial charge in [-0.2, -0.15) is 0 Å². The van der Waals surface area contributed by atoms with E-state index in [4.69, 9.17) is 16.3 Å². The maximum Gasteiger partial charge on any atom is 0.317 e. The van der Waals surface area contributed by atoms with Gasteiger partial charge >= 0.3 is 5.97 Å². The molecule has 4 heteroatoms. The number of ether oxygens (including phenoxy) is 1. The Morgan fingerprint density at radius 2 is 2.21 bits per heavy atom. The highest BCUT2D eigenvalue weighted by atomic mass is 35.5. The Hall–Kier alpha value is -2.05. The summed E-state index contributed by atoms with van der Waals surface area (Å²) < 4.78 is 4.79. The van der Waals surface area contributed by atoms with E-state index >= 15 is 0 Å². The van der Waals surface area contributed by atoms with Crippen LogP contribution in [-0.2, 0) is 9.53 Å². The van der Waals surface area contributed by atoms with Crippen LogP contribution in [0.2, 0.25) is 5.15 Å². The topological polar surface area (TPSA) is 39.2 Å². The number of halogens is 1. The normalized spacial score (nSPS) is 9.79. The van der Waals surface area contributed by atoms with Crippen molar-refractivity contribution in [1.29, 1.82) is 0 Å². The molecule has 0 bridgehead atoms. The first-order valence-corrected chi connectivity index (χ1v) is 6.28. The fraction of sp³-hybridized carbons (Fsp3) is 0.200. The summed E-state index contributed by atoms with van der Waals surface area (Å²) in [4.78, 5) is 15.4. The molecule has 0 amide bonds. The molecule has 2 rings (SSSR count). The number of hydrogen-bond acceptors (Lipinski definition) is 3. The molecule has 3 nitrogen and oxygen atoms in total. The SMILES string of the molecule is CCOC(=O)CC#Cc1cc2ccccc2nc1Cl. The molecule has 2 aromatic rings. The number of esters is 1. The van der Waals surface area contributed by atoms with Crippen molar-refractivity contribution < 1.29 is 9.53 Å². The van der Waals surface area contributed by atoms with Crippen LogP contribution >= 0.6 is 11.6 Å². The van der Waals surface area contributed by atoms with E-state index in [-0.39, 0.29) is 12.4 Å². The van der Waals surface area contributed by atoms with Gasteiger partial charge in [0.15, 0.2) is 0 Å². The first-order chi connectivity index (χ1) is 9.20. The first-order valence-electron chi connectivity index (χ1n) is 5.90. The van der Waals surface area contributed by atoms with Crippen LogP contribution in [-0.4, -0.2) is 17.6 Å². The molecule has 19 heavy (non-hydrogen) atoms. The Labute approximate surface area is 116 Å². The highest BCUT2D eigenvalue weighted by molar-refractivity contribution is 6.31. The van der Waals surface area contributed by atoms with Gasteiger partial charge in [0.1, 0.15) is 11.6 Å². The molecule has 1 aromatic carbocycles. The maximum absolute atomic E-state index is 11.2. The molecule has 1 heterocycles. The number of carbonyl (C=O) groups excluding carboxylic acids is 1. The first kappa shape index (κ1) is 13.4. The summed E-state index contributed by atoms with van der Waals surface area (Å²) in [6.45, 7) is 2.12. The van der Waals surface area contributed by atoms with Crippen LogP contribution in [0.4, 0.5) is 0 Å². The zero-order valence-electron chi connectivity index (χ0n) is 10.4. The van der Waals surface area contributed by atoms with Gasteiger partial charge in [0.05, 0.1) is 17.7 Å². The van der Waals surface area contributed by atoms with Crippen molar-refractivity contribution in [3.63, 3.8) is 0 Å². The van der Waals surface area contributed by atoms with E-state index in [0.29, 0.717) is 17.3 Å². The Morgan fingerprint density at radius 1 is 1.42 bits per heavy atom. The van der Waals surface area contributed by atoms with Gasteiger partial charge in [-0.15, -0.1) is 0 Å². The monoisotopic (exact) mass is 273 g/mol. The van der Waals surface area contributed by atoms with E-state index in [0.717, 1.165) is 10.9 Å². The second-order valence-corrected chi connectivity index (χ2v) is 4.16. The van der Waals surface area contributed by atoms with Crippen molar-refractivity contribution in [2.45, 2.75) is 13.3 Å². The number of rotatable bonds is 2. The van der Waals surface area contributed by atoms with E-state index in [1.165, 1.54) is 0 Å². The molecule has 0 spiro atoms. The summed E-state index contributed by atoms with van der Waals surface area (Å²) >= 11 is 6.05. The highest BCUT2D eigenvalue weighted by Crippen LogP contribution is 2.19. The van der Waals surface area contributed by atoms with Gasteiger partial charge in [0, 0.05) is 5.39 Å². The molecule has 0 saturated carbocycles. The minimum absolute atomic E-state index is 0.0526. The summed E-state index contributed by atoms with van der Waals surface area (Å²) in [7, 11) is 0. The molecule has 0 aliphatic heterocycles. The predicted octanol–water partition coefficient (Wildman–Crippen LogP) is 3.19. The molecular formula is C15H12ClNO2. The Kier molecular flexibility index (Phi) is 4.38. The summed E-state index contributed by atoms with van der Waals surface area (Å²) in [5, 5.41) is 1.31. The largest absolute Gasteiger partial charge is 0.465 e. The Bertz CT molecular complexity index is 671. The number of carbonyl (C=O) groups is 1. The summed E-state index contributed by atoms with van der Waals surface area (Å²) in [6, 6.07) is 9.51. The van der Waals surface area contributed by atoms with Crippen molar-refractivity contribution >= 4 is 28.5 Å². The summed E-state index contributed by atoms with van der Waals surface area (Å²) in [6.07, 6.45) is 0.0526. The van der Waals surface area contributed by atoms with Crippen LogP contribution in [0.3, 0.4) is 0 Å². The van der Waals surface area contributed by atoms with E-state index in [2.05, 4.69) is 16.8 Å². The van der Waals surface area contributed by atoms with Crippen LogP contribution in [0.1, 0.15) is 18.9 Å². The number of benzene rings is 1. The fourth-order valence-corrected chi connectivity index (χ4v) is 1.80. The zero-order chi connectivity index (χ0) is 13.7. The Morgan fingerprint density at radius 3 is 3.00 bits per heavy atom. The molecule has 0 aliphatic rings. The van der Waals surface area contributed by atoms with Crippen LogP contribution in [0.5, 0.6) is 0 Å². The van der Waals surface area contributed by atoms with Crippen molar-refractivity contribution in [2.24, 2.45) is 0 Å². The van der Waals surface area contributed by atoms with Crippen LogP contribution < -0.4 is 0 Å². The predicted molar refractivity (Wildman–Crippen MR) is 74.9 cm³/mol. The summed E-state index contributed by atoms with van der Waals surface area (Å²) in [5.74, 6) is 5.26. The van der Waals surface area contributed by atoms with Crippen molar-refractivity contribution in [3.8, 4) is 11.8 Å². The third-order valence-corrected chi connectivity index (χ3v) is 2.73. The summed E-state index contributed by atoms with van der Waals surface area (Å²) in [5.41, 5.74) is 1.44. The van der Waals surface area contributed by atoms with Gasteiger partial charge in [-0.3, -0.25) is 4.79 Å². The van der Waals surface area contributed by atoms with Crippen molar-refractivity contribution in [2.75, 3.05) is 6.61 Å². The van der Waals surface area contributed by atoms with E-state index in [1.807, 2.05) is 30.3 Å². The minimum Gasteiger partial charge on any atom is -0.465 e. The lowest BCUT2D eigenvalue weighted by Crippen LogP contribution is -2.01. The van der Waals surface area contributed by atoms with E-state index < -0.39 is 0 Å². The average molecular weight is 274 g/mol. The lowest BCUT2D eigenvalue weighted by Gasteiger charge is -2.00. The average Bonchev–Trinajstić information content (AvgIpc) is 2.39. The van der Waals surface area contributed by atoms with Crippen molar-refractivity contribution in [1.82, 2.24) is 4.98 Å². The van der Waals surface area contributed by atoms with E-state index in [1.54, 1.807) is 6.92 Å². The van der Waals surface area contributed by atoms with Crippen LogP contribution in [0.25, 0.3) is 10.9 Å². The lowest BCUT2D eigenvalue weighted by atomic mass is 10.1. The molecule has 0 aliphatic carbocycles. The molecule has 0 fully saturated rings.